The van der Waals surface area contributed by atoms with Gasteiger partial charge in [0.25, 0.3) is 11.8 Å². The van der Waals surface area contributed by atoms with E-state index < -0.39 is 5.92 Å². The van der Waals surface area contributed by atoms with Gasteiger partial charge in [0.1, 0.15) is 0 Å². The van der Waals surface area contributed by atoms with Crippen LogP contribution in [-0.2, 0) is 5.92 Å². The molecule has 0 unspecified atom stereocenters. The molecule has 0 radical (unpaired) electrons. The van der Waals surface area contributed by atoms with Crippen molar-refractivity contribution in [3.05, 3.63) is 64.7 Å². The number of carbonyl (C=O) groups excluding carboxylic acids is 1. The van der Waals surface area contributed by atoms with Crippen LogP contribution in [0.1, 0.15) is 52.7 Å². The predicted molar refractivity (Wildman–Crippen MR) is 99.5 cm³/mol. The molecule has 3 rings (SSSR count). The molecule has 2 N–H and O–H groups in total. The molecule has 1 aliphatic heterocycles. The van der Waals surface area contributed by atoms with E-state index in [9.17, 15) is 13.6 Å². The molecule has 0 atom stereocenters. The van der Waals surface area contributed by atoms with Crippen molar-refractivity contribution in [1.82, 2.24) is 4.90 Å². The van der Waals surface area contributed by atoms with Gasteiger partial charge in [0.05, 0.1) is 0 Å². The van der Waals surface area contributed by atoms with Gasteiger partial charge in [0, 0.05) is 36.8 Å². The number of nitrogens with two attached hydrogens (primary N) is 1. The second-order valence-electron chi connectivity index (χ2n) is 7.15. The highest BCUT2D eigenvalue weighted by atomic mass is 19.3. The summed E-state index contributed by atoms with van der Waals surface area (Å²) >= 11 is 0. The topological polar surface area (TPSA) is 46.3 Å². The lowest BCUT2D eigenvalue weighted by Crippen LogP contribution is -2.38. The third kappa shape index (κ3) is 3.87. The highest BCUT2D eigenvalue weighted by Gasteiger charge is 2.27. The highest BCUT2D eigenvalue weighted by Crippen LogP contribution is 2.32. The van der Waals surface area contributed by atoms with Crippen molar-refractivity contribution < 1.29 is 13.6 Å². The van der Waals surface area contributed by atoms with Gasteiger partial charge >= 0.3 is 0 Å². The molecule has 1 heterocycles. The lowest BCUT2D eigenvalue weighted by atomic mass is 9.88. The third-order valence-electron chi connectivity index (χ3n) is 5.20. The molecule has 5 heteroatoms. The summed E-state index contributed by atoms with van der Waals surface area (Å²) < 4.78 is 26.7. The third-order valence-corrected chi connectivity index (χ3v) is 5.20. The Morgan fingerprint density at radius 1 is 1.12 bits per heavy atom. The van der Waals surface area contributed by atoms with Crippen LogP contribution in [0.4, 0.5) is 14.5 Å². The molecule has 0 aromatic heterocycles. The summed E-state index contributed by atoms with van der Waals surface area (Å²) in [5.41, 5.74) is 9.19. The van der Waals surface area contributed by atoms with Crippen LogP contribution in [0.2, 0.25) is 0 Å². The minimum Gasteiger partial charge on any atom is -0.398 e. The quantitative estimate of drug-likeness (QED) is 0.808. The molecular formula is C21H24F2N2O. The summed E-state index contributed by atoms with van der Waals surface area (Å²) in [5.74, 6) is -2.53. The van der Waals surface area contributed by atoms with Crippen LogP contribution in [0.25, 0.3) is 0 Å². The van der Waals surface area contributed by atoms with Crippen LogP contribution in [0.3, 0.4) is 0 Å². The van der Waals surface area contributed by atoms with Gasteiger partial charge in [-0.2, -0.15) is 0 Å². The molecule has 1 aliphatic rings. The van der Waals surface area contributed by atoms with Gasteiger partial charge < -0.3 is 10.6 Å². The largest absolute Gasteiger partial charge is 0.398 e. The summed E-state index contributed by atoms with van der Waals surface area (Å²) in [5, 5.41) is 0. The van der Waals surface area contributed by atoms with Gasteiger partial charge in [-0.25, -0.2) is 8.78 Å². The van der Waals surface area contributed by atoms with E-state index in [0.29, 0.717) is 30.3 Å². The summed E-state index contributed by atoms with van der Waals surface area (Å²) in [7, 11) is 0. The molecule has 3 nitrogen and oxygen atoms in total. The number of alkyl halides is 2. The van der Waals surface area contributed by atoms with Gasteiger partial charge in [-0.1, -0.05) is 30.3 Å². The number of likely N-dealkylation sites (tertiary alicyclic amines) is 1. The van der Waals surface area contributed by atoms with E-state index in [1.807, 2.05) is 24.0 Å². The molecule has 0 bridgehead atoms. The maximum absolute atomic E-state index is 13.3. The Morgan fingerprint density at radius 3 is 2.27 bits per heavy atom. The Labute approximate surface area is 152 Å². The molecule has 2 aromatic rings. The Kier molecular flexibility index (Phi) is 4.99. The molecule has 0 aliphatic carbocycles. The fraction of sp³-hybridized carbons (Fsp3) is 0.381. The lowest BCUT2D eigenvalue weighted by molar-refractivity contribution is 0.0174. The van der Waals surface area contributed by atoms with E-state index in [1.165, 1.54) is 12.1 Å². The average Bonchev–Trinajstić information content (AvgIpc) is 2.63. The Balaban J connectivity index is 1.63. The van der Waals surface area contributed by atoms with E-state index in [4.69, 9.17) is 5.73 Å². The van der Waals surface area contributed by atoms with Crippen LogP contribution < -0.4 is 5.73 Å². The summed E-state index contributed by atoms with van der Waals surface area (Å²) in [4.78, 5) is 14.5. The van der Waals surface area contributed by atoms with Gasteiger partial charge in [-0.05, 0) is 48.9 Å². The number of hydrogen-bond acceptors (Lipinski definition) is 2. The Hall–Kier alpha value is -2.43. The fourth-order valence-electron chi connectivity index (χ4n) is 3.42. The Bertz CT molecular complexity index is 789. The Morgan fingerprint density at radius 2 is 1.73 bits per heavy atom. The van der Waals surface area contributed by atoms with Crippen molar-refractivity contribution in [2.45, 2.75) is 38.5 Å². The first-order valence-electron chi connectivity index (χ1n) is 8.89. The molecule has 2 aromatic carbocycles. The number of carbonyl (C=O) groups is 1. The number of anilines is 1. The number of piperidine rings is 1. The maximum Gasteiger partial charge on any atom is 0.270 e. The van der Waals surface area contributed by atoms with E-state index in [2.05, 4.69) is 0 Å². The first-order valence-corrected chi connectivity index (χ1v) is 8.89. The number of nitrogens with zero attached hydrogens (tertiary/aromatic N) is 1. The summed E-state index contributed by atoms with van der Waals surface area (Å²) in [6, 6.07) is 12.0. The van der Waals surface area contributed by atoms with Crippen molar-refractivity contribution in [2.24, 2.45) is 0 Å². The van der Waals surface area contributed by atoms with Crippen molar-refractivity contribution in [3.63, 3.8) is 0 Å². The van der Waals surface area contributed by atoms with E-state index >= 15 is 0 Å². The van der Waals surface area contributed by atoms with Gasteiger partial charge in [-0.15, -0.1) is 0 Å². The number of halogens is 2. The van der Waals surface area contributed by atoms with Gasteiger partial charge in [0.15, 0.2) is 0 Å². The van der Waals surface area contributed by atoms with Crippen LogP contribution >= 0.6 is 0 Å². The first-order chi connectivity index (χ1) is 12.3. The molecule has 0 saturated carbocycles. The van der Waals surface area contributed by atoms with E-state index in [1.54, 1.807) is 18.2 Å². The fourth-order valence-corrected chi connectivity index (χ4v) is 3.42. The van der Waals surface area contributed by atoms with Gasteiger partial charge in [-0.3, -0.25) is 4.79 Å². The standard InChI is InChI=1S/C21H24F2N2O/c1-14-3-4-17(13-19(14)24)20(26)25-11-9-16(10-12-25)15-5-7-18(8-6-15)21(2,22)23/h3-8,13,16H,9-12,24H2,1-2H3. The summed E-state index contributed by atoms with van der Waals surface area (Å²) in [6.07, 6.45) is 1.66. The average molecular weight is 358 g/mol. The molecule has 26 heavy (non-hydrogen) atoms. The maximum atomic E-state index is 13.3. The van der Waals surface area contributed by atoms with E-state index in [0.717, 1.165) is 30.9 Å². The second kappa shape index (κ2) is 7.06. The molecule has 1 amide bonds. The number of rotatable bonds is 3. The van der Waals surface area contributed by atoms with Crippen molar-refractivity contribution in [1.29, 1.82) is 0 Å². The minimum absolute atomic E-state index is 0.00359. The zero-order chi connectivity index (χ0) is 18.9. The van der Waals surface area contributed by atoms with Crippen LogP contribution in [0, 0.1) is 6.92 Å². The highest BCUT2D eigenvalue weighted by molar-refractivity contribution is 5.95. The van der Waals surface area contributed by atoms with Crippen molar-refractivity contribution >= 4 is 11.6 Å². The molecule has 1 fully saturated rings. The normalized spacial score (nSPS) is 15.9. The zero-order valence-corrected chi connectivity index (χ0v) is 15.1. The number of nitrogen functional groups attached to an aromatic ring is 1. The smallest absolute Gasteiger partial charge is 0.270 e. The minimum atomic E-state index is -2.82. The molecular weight excluding hydrogens is 334 g/mol. The number of aryl methyl sites for hydroxylation is 1. The molecule has 0 spiro atoms. The van der Waals surface area contributed by atoms with E-state index in [-0.39, 0.29) is 11.5 Å². The SMILES string of the molecule is Cc1ccc(C(=O)N2CCC(c3ccc(C(C)(F)F)cc3)CC2)cc1N. The molecule has 138 valence electrons. The predicted octanol–water partition coefficient (Wildman–Crippen LogP) is 4.71. The summed E-state index contributed by atoms with van der Waals surface area (Å²) in [6.45, 7) is 4.13. The number of benzene rings is 2. The van der Waals surface area contributed by atoms with Crippen molar-refractivity contribution in [3.8, 4) is 0 Å². The van der Waals surface area contributed by atoms with Crippen LogP contribution in [-0.4, -0.2) is 23.9 Å². The number of hydrogen-bond donors (Lipinski definition) is 1. The van der Waals surface area contributed by atoms with Crippen LogP contribution in [0.15, 0.2) is 42.5 Å². The van der Waals surface area contributed by atoms with Gasteiger partial charge in [0.2, 0.25) is 0 Å². The zero-order valence-electron chi connectivity index (χ0n) is 15.1. The number of amides is 1. The molecule has 1 saturated heterocycles. The lowest BCUT2D eigenvalue weighted by Gasteiger charge is -2.32. The van der Waals surface area contributed by atoms with Crippen molar-refractivity contribution in [2.75, 3.05) is 18.8 Å². The van der Waals surface area contributed by atoms with Crippen LogP contribution in [0.5, 0.6) is 0 Å². The first kappa shape index (κ1) is 18.4. The second-order valence-corrected chi connectivity index (χ2v) is 7.15. The monoisotopic (exact) mass is 358 g/mol.